The summed E-state index contributed by atoms with van der Waals surface area (Å²) in [6.45, 7) is 2.43. The lowest BCUT2D eigenvalue weighted by molar-refractivity contribution is 0.288. The summed E-state index contributed by atoms with van der Waals surface area (Å²) in [5, 5.41) is 6.58. The van der Waals surface area contributed by atoms with Crippen LogP contribution in [0.5, 0.6) is 0 Å². The summed E-state index contributed by atoms with van der Waals surface area (Å²) in [5.74, 6) is 0.560. The number of nitrogens with zero attached hydrogens (tertiary/aromatic N) is 2. The van der Waals surface area contributed by atoms with Crippen molar-refractivity contribution in [2.75, 3.05) is 6.54 Å². The monoisotopic (exact) mass is 283 g/mol. The zero-order valence-electron chi connectivity index (χ0n) is 11.3. The van der Waals surface area contributed by atoms with Crippen LogP contribution in [0.25, 0.3) is 0 Å². The van der Waals surface area contributed by atoms with Crippen molar-refractivity contribution < 1.29 is 8.42 Å². The zero-order chi connectivity index (χ0) is 13.5. The molecule has 0 radical (unpaired) electrons. The predicted molar refractivity (Wildman–Crippen MR) is 72.2 cm³/mol. The van der Waals surface area contributed by atoms with E-state index in [9.17, 15) is 8.42 Å². The maximum Gasteiger partial charge on any atom is 0.246 e. The number of aromatic amines is 1. The van der Waals surface area contributed by atoms with Crippen molar-refractivity contribution in [2.45, 2.75) is 56.4 Å². The third-order valence-electron chi connectivity index (χ3n) is 4.56. The molecule has 5 nitrogen and oxygen atoms in total. The third-order valence-corrected chi connectivity index (χ3v) is 6.60. The number of rotatable bonds is 3. The molecule has 1 aliphatic heterocycles. The van der Waals surface area contributed by atoms with Crippen molar-refractivity contribution in [3.63, 3.8) is 0 Å². The second-order valence-corrected chi connectivity index (χ2v) is 7.59. The fourth-order valence-electron chi connectivity index (χ4n) is 3.60. The Kier molecular flexibility index (Phi) is 3.39. The standard InChI is InChI=1S/C13H21N3O2S/c1-10-13(9-14-15-10)19(17,18)16-8-4-7-12(16)11-5-2-3-6-11/h9,11-12H,2-8H2,1H3,(H,14,15). The summed E-state index contributed by atoms with van der Waals surface area (Å²) in [7, 11) is -3.37. The molecule has 1 saturated heterocycles. The molecule has 0 amide bonds. The molecule has 1 aromatic rings. The number of aryl methyl sites for hydroxylation is 1. The second-order valence-electron chi connectivity index (χ2n) is 5.73. The molecule has 6 heteroatoms. The van der Waals surface area contributed by atoms with Gasteiger partial charge in [0.05, 0.1) is 11.9 Å². The van der Waals surface area contributed by atoms with Gasteiger partial charge < -0.3 is 0 Å². The molecule has 2 aliphatic rings. The summed E-state index contributed by atoms with van der Waals surface area (Å²) < 4.78 is 27.2. The van der Waals surface area contributed by atoms with E-state index in [-0.39, 0.29) is 6.04 Å². The first-order chi connectivity index (χ1) is 9.10. The molecule has 2 fully saturated rings. The van der Waals surface area contributed by atoms with Gasteiger partial charge in [-0.1, -0.05) is 12.8 Å². The maximum absolute atomic E-state index is 12.7. The van der Waals surface area contributed by atoms with Gasteiger partial charge in [-0.15, -0.1) is 0 Å². The van der Waals surface area contributed by atoms with Crippen LogP contribution in [-0.4, -0.2) is 35.5 Å². The van der Waals surface area contributed by atoms with Crippen LogP contribution in [0, 0.1) is 12.8 Å². The first-order valence-corrected chi connectivity index (χ1v) is 8.56. The third kappa shape index (κ3) is 2.21. The Morgan fingerprint density at radius 3 is 2.63 bits per heavy atom. The van der Waals surface area contributed by atoms with E-state index in [0.717, 1.165) is 12.8 Å². The Hall–Kier alpha value is -0.880. The first kappa shape index (κ1) is 13.1. The minimum Gasteiger partial charge on any atom is -0.281 e. The molecular weight excluding hydrogens is 262 g/mol. The fourth-order valence-corrected chi connectivity index (χ4v) is 5.48. The van der Waals surface area contributed by atoms with Crippen LogP contribution in [0.1, 0.15) is 44.2 Å². The molecule has 1 aliphatic carbocycles. The van der Waals surface area contributed by atoms with Gasteiger partial charge >= 0.3 is 0 Å². The molecule has 19 heavy (non-hydrogen) atoms. The number of hydrogen-bond donors (Lipinski definition) is 1. The number of nitrogens with one attached hydrogen (secondary N) is 1. The molecule has 1 aromatic heterocycles. The molecule has 0 spiro atoms. The lowest BCUT2D eigenvalue weighted by Crippen LogP contribution is -2.39. The van der Waals surface area contributed by atoms with E-state index in [1.165, 1.54) is 31.9 Å². The van der Waals surface area contributed by atoms with Gasteiger partial charge in [0.1, 0.15) is 4.90 Å². The first-order valence-electron chi connectivity index (χ1n) is 7.12. The van der Waals surface area contributed by atoms with E-state index in [4.69, 9.17) is 0 Å². The van der Waals surface area contributed by atoms with E-state index >= 15 is 0 Å². The van der Waals surface area contributed by atoms with Gasteiger partial charge in [-0.3, -0.25) is 5.10 Å². The molecule has 1 unspecified atom stereocenters. The zero-order valence-corrected chi connectivity index (χ0v) is 12.1. The van der Waals surface area contributed by atoms with Crippen LogP contribution in [-0.2, 0) is 10.0 Å². The van der Waals surface area contributed by atoms with Crippen molar-refractivity contribution in [3.8, 4) is 0 Å². The molecule has 1 atom stereocenters. The molecule has 2 heterocycles. The summed E-state index contributed by atoms with van der Waals surface area (Å²) >= 11 is 0. The van der Waals surface area contributed by atoms with E-state index in [0.29, 0.717) is 23.1 Å². The minimum absolute atomic E-state index is 0.210. The fraction of sp³-hybridized carbons (Fsp3) is 0.769. The Morgan fingerprint density at radius 2 is 2.00 bits per heavy atom. The van der Waals surface area contributed by atoms with Crippen molar-refractivity contribution in [2.24, 2.45) is 5.92 Å². The van der Waals surface area contributed by atoms with Gasteiger partial charge in [-0.05, 0) is 38.5 Å². The maximum atomic E-state index is 12.7. The van der Waals surface area contributed by atoms with Gasteiger partial charge in [-0.2, -0.15) is 9.40 Å². The van der Waals surface area contributed by atoms with Crippen LogP contribution >= 0.6 is 0 Å². The van der Waals surface area contributed by atoms with Crippen LogP contribution in [0.3, 0.4) is 0 Å². The van der Waals surface area contributed by atoms with Crippen molar-refractivity contribution in [1.82, 2.24) is 14.5 Å². The molecular formula is C13H21N3O2S. The molecule has 106 valence electrons. The Morgan fingerprint density at radius 1 is 1.26 bits per heavy atom. The number of sulfonamides is 1. The molecule has 0 bridgehead atoms. The number of H-pyrrole nitrogens is 1. The number of aromatic nitrogens is 2. The summed E-state index contributed by atoms with van der Waals surface area (Å²) in [6.07, 6.45) is 8.30. The van der Waals surface area contributed by atoms with E-state index < -0.39 is 10.0 Å². The summed E-state index contributed by atoms with van der Waals surface area (Å²) in [5.41, 5.74) is 0.636. The SMILES string of the molecule is Cc1[nH]ncc1S(=O)(=O)N1CCCC1C1CCCC1. The lowest BCUT2D eigenvalue weighted by atomic mass is 9.97. The molecule has 1 N–H and O–H groups in total. The van der Waals surface area contributed by atoms with Gasteiger partial charge in [0, 0.05) is 12.6 Å². The van der Waals surface area contributed by atoms with Crippen molar-refractivity contribution in [1.29, 1.82) is 0 Å². The van der Waals surface area contributed by atoms with Crippen molar-refractivity contribution in [3.05, 3.63) is 11.9 Å². The Bertz CT molecular complexity index is 546. The highest BCUT2D eigenvalue weighted by Crippen LogP contribution is 2.38. The van der Waals surface area contributed by atoms with E-state index in [2.05, 4.69) is 10.2 Å². The summed E-state index contributed by atoms with van der Waals surface area (Å²) in [4.78, 5) is 0.345. The van der Waals surface area contributed by atoms with Crippen LogP contribution in [0.2, 0.25) is 0 Å². The average molecular weight is 283 g/mol. The summed E-state index contributed by atoms with van der Waals surface area (Å²) in [6, 6.07) is 0.210. The highest BCUT2D eigenvalue weighted by Gasteiger charge is 2.41. The normalized spacial score (nSPS) is 26.3. The van der Waals surface area contributed by atoms with Gasteiger partial charge in [0.2, 0.25) is 10.0 Å². The van der Waals surface area contributed by atoms with E-state index in [1.807, 2.05) is 0 Å². The largest absolute Gasteiger partial charge is 0.281 e. The van der Waals surface area contributed by atoms with Crippen LogP contribution < -0.4 is 0 Å². The highest BCUT2D eigenvalue weighted by atomic mass is 32.2. The molecule has 1 saturated carbocycles. The molecule has 3 rings (SSSR count). The quantitative estimate of drug-likeness (QED) is 0.923. The van der Waals surface area contributed by atoms with Gasteiger partial charge in [-0.25, -0.2) is 8.42 Å². The second kappa shape index (κ2) is 4.90. The van der Waals surface area contributed by atoms with Crippen LogP contribution in [0.4, 0.5) is 0 Å². The number of hydrogen-bond acceptors (Lipinski definition) is 3. The van der Waals surface area contributed by atoms with Crippen LogP contribution in [0.15, 0.2) is 11.1 Å². The smallest absolute Gasteiger partial charge is 0.246 e. The Balaban J connectivity index is 1.90. The average Bonchev–Trinajstić information content (AvgIpc) is 3.09. The predicted octanol–water partition coefficient (Wildman–Crippen LogP) is 2.06. The molecule has 0 aromatic carbocycles. The lowest BCUT2D eigenvalue weighted by Gasteiger charge is -2.28. The van der Waals surface area contributed by atoms with Gasteiger partial charge in [0.15, 0.2) is 0 Å². The topological polar surface area (TPSA) is 66.1 Å². The highest BCUT2D eigenvalue weighted by molar-refractivity contribution is 7.89. The van der Waals surface area contributed by atoms with E-state index in [1.54, 1.807) is 11.2 Å². The van der Waals surface area contributed by atoms with Crippen molar-refractivity contribution >= 4 is 10.0 Å². The van der Waals surface area contributed by atoms with Gasteiger partial charge in [0.25, 0.3) is 0 Å². The minimum atomic E-state index is -3.37. The Labute approximate surface area is 114 Å².